The third-order valence-corrected chi connectivity index (χ3v) is 5.71. The summed E-state index contributed by atoms with van der Waals surface area (Å²) < 4.78 is 37.8. The van der Waals surface area contributed by atoms with E-state index in [9.17, 15) is 13.2 Å². The number of nitrogens with zero attached hydrogens (tertiary/aromatic N) is 1. The molecule has 0 aliphatic carbocycles. The van der Waals surface area contributed by atoms with Crippen molar-refractivity contribution in [3.05, 3.63) is 70.2 Å². The Bertz CT molecular complexity index is 828. The summed E-state index contributed by atoms with van der Waals surface area (Å²) in [6.07, 6.45) is -4.32. The van der Waals surface area contributed by atoms with Crippen molar-refractivity contribution in [3.63, 3.8) is 0 Å². The van der Waals surface area contributed by atoms with Gasteiger partial charge in [0.15, 0.2) is 0 Å². The predicted molar refractivity (Wildman–Crippen MR) is 93.6 cm³/mol. The first kappa shape index (κ1) is 17.3. The molecule has 24 heavy (non-hydrogen) atoms. The van der Waals surface area contributed by atoms with Gasteiger partial charge in [-0.05, 0) is 24.3 Å². The SMILES string of the molecule is FC(F)(F)c1ccc(-c2nc(CSc3ccccc3Cl)cs2)cc1. The summed E-state index contributed by atoms with van der Waals surface area (Å²) in [5, 5.41) is 3.32. The Morgan fingerprint density at radius 2 is 1.75 bits per heavy atom. The lowest BCUT2D eigenvalue weighted by Crippen LogP contribution is -2.03. The molecule has 0 aliphatic heterocycles. The van der Waals surface area contributed by atoms with Crippen LogP contribution >= 0.6 is 34.7 Å². The zero-order valence-electron chi connectivity index (χ0n) is 12.2. The number of hydrogen-bond donors (Lipinski definition) is 0. The molecule has 0 amide bonds. The second-order valence-electron chi connectivity index (χ2n) is 4.94. The molecule has 0 saturated heterocycles. The van der Waals surface area contributed by atoms with Crippen molar-refractivity contribution in [1.82, 2.24) is 4.98 Å². The molecule has 3 aromatic rings. The Morgan fingerprint density at radius 1 is 1.04 bits per heavy atom. The van der Waals surface area contributed by atoms with Gasteiger partial charge in [0.05, 0.1) is 16.3 Å². The highest BCUT2D eigenvalue weighted by Gasteiger charge is 2.30. The molecule has 7 heteroatoms. The molecule has 124 valence electrons. The smallest absolute Gasteiger partial charge is 0.240 e. The molecule has 0 saturated carbocycles. The largest absolute Gasteiger partial charge is 0.416 e. The molecule has 1 aromatic heterocycles. The molecule has 0 unspecified atom stereocenters. The van der Waals surface area contributed by atoms with Gasteiger partial charge >= 0.3 is 6.18 Å². The van der Waals surface area contributed by atoms with E-state index in [0.29, 0.717) is 21.3 Å². The molecule has 2 aromatic carbocycles. The van der Waals surface area contributed by atoms with E-state index in [1.807, 2.05) is 29.6 Å². The second kappa shape index (κ2) is 7.17. The third-order valence-electron chi connectivity index (χ3n) is 3.22. The van der Waals surface area contributed by atoms with E-state index in [4.69, 9.17) is 11.6 Å². The molecular weight excluding hydrogens is 375 g/mol. The molecule has 1 nitrogen and oxygen atoms in total. The highest BCUT2D eigenvalue weighted by atomic mass is 35.5. The molecule has 1 heterocycles. The van der Waals surface area contributed by atoms with E-state index in [0.717, 1.165) is 22.7 Å². The van der Waals surface area contributed by atoms with Crippen LogP contribution in [0.2, 0.25) is 5.02 Å². The standard InChI is InChI=1S/C17H11ClF3NS2/c18-14-3-1-2-4-15(14)23-9-13-10-24-16(22-13)11-5-7-12(8-6-11)17(19,20)21/h1-8,10H,9H2. The minimum atomic E-state index is -4.32. The van der Waals surface area contributed by atoms with Crippen molar-refractivity contribution >= 4 is 34.7 Å². The summed E-state index contributed by atoms with van der Waals surface area (Å²) in [7, 11) is 0. The quantitative estimate of drug-likeness (QED) is 0.459. The highest BCUT2D eigenvalue weighted by Crippen LogP contribution is 2.33. The van der Waals surface area contributed by atoms with E-state index < -0.39 is 11.7 Å². The van der Waals surface area contributed by atoms with Gasteiger partial charge in [0, 0.05) is 21.6 Å². The fourth-order valence-electron chi connectivity index (χ4n) is 2.02. The number of hydrogen-bond acceptors (Lipinski definition) is 3. The van der Waals surface area contributed by atoms with Gasteiger partial charge in [0.2, 0.25) is 0 Å². The van der Waals surface area contributed by atoms with Crippen LogP contribution in [-0.4, -0.2) is 4.98 Å². The topological polar surface area (TPSA) is 12.9 Å². The zero-order chi connectivity index (χ0) is 17.2. The monoisotopic (exact) mass is 385 g/mol. The van der Waals surface area contributed by atoms with Crippen LogP contribution in [0, 0.1) is 0 Å². The lowest BCUT2D eigenvalue weighted by molar-refractivity contribution is -0.137. The van der Waals surface area contributed by atoms with E-state index in [1.54, 1.807) is 11.8 Å². The van der Waals surface area contributed by atoms with Crippen LogP contribution in [0.1, 0.15) is 11.3 Å². The Hall–Kier alpha value is -1.50. The van der Waals surface area contributed by atoms with Gasteiger partial charge in [-0.25, -0.2) is 4.98 Å². The lowest BCUT2D eigenvalue weighted by Gasteiger charge is -2.06. The molecule has 0 fully saturated rings. The van der Waals surface area contributed by atoms with Crippen LogP contribution < -0.4 is 0 Å². The van der Waals surface area contributed by atoms with Gasteiger partial charge in [0.1, 0.15) is 5.01 Å². The van der Waals surface area contributed by atoms with Crippen LogP contribution in [0.3, 0.4) is 0 Å². The Kier molecular flexibility index (Phi) is 5.18. The van der Waals surface area contributed by atoms with Crippen LogP contribution in [0.25, 0.3) is 10.6 Å². The maximum absolute atomic E-state index is 12.6. The summed E-state index contributed by atoms with van der Waals surface area (Å²) in [6, 6.07) is 12.6. The Balaban J connectivity index is 1.70. The molecule has 0 atom stereocenters. The summed E-state index contributed by atoms with van der Waals surface area (Å²) in [5.41, 5.74) is 0.902. The third kappa shape index (κ3) is 4.12. The van der Waals surface area contributed by atoms with Gasteiger partial charge in [0.25, 0.3) is 0 Å². The first-order valence-corrected chi connectivity index (χ1v) is 9.17. The second-order valence-corrected chi connectivity index (χ2v) is 7.22. The molecule has 0 aliphatic rings. The van der Waals surface area contributed by atoms with Crippen molar-refractivity contribution in [1.29, 1.82) is 0 Å². The van der Waals surface area contributed by atoms with E-state index in [-0.39, 0.29) is 0 Å². The molecule has 0 radical (unpaired) electrons. The summed E-state index contributed by atoms with van der Waals surface area (Å²) in [6.45, 7) is 0. The minimum Gasteiger partial charge on any atom is -0.240 e. The van der Waals surface area contributed by atoms with Crippen LogP contribution in [0.5, 0.6) is 0 Å². The Labute approximate surface area is 150 Å². The molecular formula is C17H11ClF3NS2. The van der Waals surface area contributed by atoms with Gasteiger partial charge in [-0.3, -0.25) is 0 Å². The van der Waals surface area contributed by atoms with Crippen molar-refractivity contribution < 1.29 is 13.2 Å². The molecule has 0 bridgehead atoms. The normalized spacial score (nSPS) is 11.7. The zero-order valence-corrected chi connectivity index (χ0v) is 14.6. The number of alkyl halides is 3. The average Bonchev–Trinajstić information content (AvgIpc) is 3.02. The van der Waals surface area contributed by atoms with Crippen LogP contribution in [-0.2, 0) is 11.9 Å². The first-order valence-electron chi connectivity index (χ1n) is 6.93. The minimum absolute atomic E-state index is 0.654. The van der Waals surface area contributed by atoms with Gasteiger partial charge in [-0.15, -0.1) is 23.1 Å². The highest BCUT2D eigenvalue weighted by molar-refractivity contribution is 7.98. The van der Waals surface area contributed by atoms with Crippen molar-refractivity contribution in [3.8, 4) is 10.6 Å². The van der Waals surface area contributed by atoms with Gasteiger partial charge in [-0.2, -0.15) is 13.2 Å². The summed E-state index contributed by atoms with van der Waals surface area (Å²) in [4.78, 5) is 5.47. The molecule has 0 N–H and O–H groups in total. The Morgan fingerprint density at radius 3 is 2.42 bits per heavy atom. The summed E-state index contributed by atoms with van der Waals surface area (Å²) in [5.74, 6) is 0.654. The lowest BCUT2D eigenvalue weighted by atomic mass is 10.1. The summed E-state index contributed by atoms with van der Waals surface area (Å²) >= 11 is 9.11. The first-order chi connectivity index (χ1) is 11.4. The van der Waals surface area contributed by atoms with E-state index in [1.165, 1.54) is 23.5 Å². The number of rotatable bonds is 4. The average molecular weight is 386 g/mol. The van der Waals surface area contributed by atoms with Gasteiger partial charge in [-0.1, -0.05) is 35.9 Å². The maximum atomic E-state index is 12.6. The maximum Gasteiger partial charge on any atom is 0.416 e. The molecule has 0 spiro atoms. The fraction of sp³-hybridized carbons (Fsp3) is 0.118. The van der Waals surface area contributed by atoms with Crippen molar-refractivity contribution in [2.75, 3.05) is 0 Å². The number of thiazole rings is 1. The number of thioether (sulfide) groups is 1. The molecule has 3 rings (SSSR count). The number of aromatic nitrogens is 1. The van der Waals surface area contributed by atoms with E-state index in [2.05, 4.69) is 4.98 Å². The van der Waals surface area contributed by atoms with E-state index >= 15 is 0 Å². The van der Waals surface area contributed by atoms with Crippen molar-refractivity contribution in [2.24, 2.45) is 0 Å². The number of benzene rings is 2. The predicted octanol–water partition coefficient (Wildman–Crippen LogP) is 6.77. The number of halogens is 4. The van der Waals surface area contributed by atoms with Gasteiger partial charge < -0.3 is 0 Å². The fourth-order valence-corrected chi connectivity index (χ4v) is 4.08. The van der Waals surface area contributed by atoms with Crippen LogP contribution in [0.15, 0.2) is 58.8 Å². The van der Waals surface area contributed by atoms with Crippen LogP contribution in [0.4, 0.5) is 13.2 Å². The van der Waals surface area contributed by atoms with Crippen molar-refractivity contribution in [2.45, 2.75) is 16.8 Å².